The Morgan fingerprint density at radius 1 is 1.32 bits per heavy atom. The van der Waals surface area contributed by atoms with Crippen LogP contribution in [-0.4, -0.2) is 27.5 Å². The number of nitrogens with zero attached hydrogens (tertiary/aromatic N) is 3. The quantitative estimate of drug-likeness (QED) is 0.631. The second kappa shape index (κ2) is 6.29. The Hall–Kier alpha value is -1.95. The highest BCUT2D eigenvalue weighted by molar-refractivity contribution is 7.99. The van der Waals surface area contributed by atoms with Gasteiger partial charge in [0.2, 0.25) is 0 Å². The number of hydrogen-bond acceptors (Lipinski definition) is 6. The minimum atomic E-state index is -0.363. The predicted molar refractivity (Wildman–Crippen MR) is 71.1 cm³/mol. The molecule has 0 aliphatic rings. The Kier molecular flexibility index (Phi) is 4.46. The van der Waals surface area contributed by atoms with Crippen LogP contribution in [0.5, 0.6) is 0 Å². The van der Waals surface area contributed by atoms with Gasteiger partial charge in [0, 0.05) is 18.1 Å². The van der Waals surface area contributed by atoms with Crippen molar-refractivity contribution in [2.24, 2.45) is 0 Å². The first-order chi connectivity index (χ1) is 9.19. The topological polar surface area (TPSA) is 65.0 Å². The van der Waals surface area contributed by atoms with E-state index in [1.54, 1.807) is 25.3 Å². The molecule has 0 saturated carbocycles. The van der Waals surface area contributed by atoms with Crippen LogP contribution >= 0.6 is 11.8 Å². The number of rotatable bonds is 4. The molecule has 0 spiro atoms. The minimum Gasteiger partial charge on any atom is -0.462 e. The van der Waals surface area contributed by atoms with E-state index in [0.717, 1.165) is 10.7 Å². The maximum atomic E-state index is 11.5. The Balaban J connectivity index is 2.08. The zero-order chi connectivity index (χ0) is 13.7. The van der Waals surface area contributed by atoms with E-state index in [4.69, 9.17) is 4.74 Å². The molecule has 0 fully saturated rings. The van der Waals surface area contributed by atoms with Crippen molar-refractivity contribution in [3.8, 4) is 0 Å². The van der Waals surface area contributed by atoms with Crippen molar-refractivity contribution in [2.75, 3.05) is 6.61 Å². The minimum absolute atomic E-state index is 0.354. The number of pyridine rings is 1. The van der Waals surface area contributed by atoms with Crippen LogP contribution in [0.1, 0.15) is 23.0 Å². The molecule has 2 rings (SSSR count). The number of aromatic nitrogens is 3. The molecule has 0 unspecified atom stereocenters. The average Bonchev–Trinajstić information content (AvgIpc) is 2.40. The molecule has 0 saturated heterocycles. The number of hydrogen-bond donors (Lipinski definition) is 0. The molecule has 0 bridgehead atoms. The summed E-state index contributed by atoms with van der Waals surface area (Å²) in [6.07, 6.45) is 3.20. The number of ether oxygens (including phenoxy) is 1. The number of carbonyl (C=O) groups excluding carboxylic acids is 1. The molecule has 0 amide bonds. The van der Waals surface area contributed by atoms with Crippen LogP contribution in [-0.2, 0) is 4.74 Å². The monoisotopic (exact) mass is 275 g/mol. The van der Waals surface area contributed by atoms with Crippen LogP contribution in [0.4, 0.5) is 0 Å². The van der Waals surface area contributed by atoms with Crippen molar-refractivity contribution in [3.05, 3.63) is 41.9 Å². The Morgan fingerprint density at radius 2 is 2.16 bits per heavy atom. The highest BCUT2D eigenvalue weighted by Crippen LogP contribution is 2.22. The van der Waals surface area contributed by atoms with Gasteiger partial charge in [-0.1, -0.05) is 0 Å². The average molecular weight is 275 g/mol. The van der Waals surface area contributed by atoms with E-state index < -0.39 is 0 Å². The molecular formula is C13H13N3O2S. The highest BCUT2D eigenvalue weighted by Gasteiger charge is 2.08. The van der Waals surface area contributed by atoms with Gasteiger partial charge < -0.3 is 4.74 Å². The summed E-state index contributed by atoms with van der Waals surface area (Å²) in [6, 6.07) is 5.27. The van der Waals surface area contributed by atoms with Crippen LogP contribution in [0.2, 0.25) is 0 Å². The van der Waals surface area contributed by atoms with Crippen molar-refractivity contribution >= 4 is 17.7 Å². The summed E-state index contributed by atoms with van der Waals surface area (Å²) in [6.45, 7) is 4.03. The fourth-order valence-corrected chi connectivity index (χ4v) is 2.08. The van der Waals surface area contributed by atoms with Crippen LogP contribution < -0.4 is 0 Å². The van der Waals surface area contributed by atoms with Gasteiger partial charge in [0.15, 0.2) is 5.16 Å². The van der Waals surface area contributed by atoms with Gasteiger partial charge in [0.05, 0.1) is 12.2 Å². The molecule has 0 aromatic carbocycles. The number of esters is 1. The van der Waals surface area contributed by atoms with Gasteiger partial charge in [0.25, 0.3) is 0 Å². The van der Waals surface area contributed by atoms with Gasteiger partial charge >= 0.3 is 5.97 Å². The normalized spacial score (nSPS) is 10.2. The summed E-state index contributed by atoms with van der Waals surface area (Å²) in [5.41, 5.74) is 1.34. The second-order valence-electron chi connectivity index (χ2n) is 3.69. The summed E-state index contributed by atoms with van der Waals surface area (Å²) in [5.74, 6) is -0.363. The molecule has 0 aliphatic heterocycles. The van der Waals surface area contributed by atoms with Gasteiger partial charge in [-0.05, 0) is 43.8 Å². The smallest absolute Gasteiger partial charge is 0.339 e. The molecule has 2 heterocycles. The van der Waals surface area contributed by atoms with Crippen molar-refractivity contribution in [3.63, 3.8) is 0 Å². The molecule has 0 aliphatic carbocycles. The summed E-state index contributed by atoms with van der Waals surface area (Å²) in [5, 5.41) is 1.37. The summed E-state index contributed by atoms with van der Waals surface area (Å²) in [7, 11) is 0. The molecule has 6 heteroatoms. The Morgan fingerprint density at radius 3 is 2.79 bits per heavy atom. The van der Waals surface area contributed by atoms with Gasteiger partial charge in [0.1, 0.15) is 5.03 Å². The number of aryl methyl sites for hydroxylation is 1. The molecule has 98 valence electrons. The molecule has 2 aromatic heterocycles. The first kappa shape index (κ1) is 13.5. The molecule has 0 N–H and O–H groups in total. The lowest BCUT2D eigenvalue weighted by molar-refractivity contribution is 0.0525. The molecule has 5 nitrogen and oxygen atoms in total. The van der Waals surface area contributed by atoms with Crippen LogP contribution in [0.25, 0.3) is 0 Å². The maximum Gasteiger partial charge on any atom is 0.339 e. The zero-order valence-electron chi connectivity index (χ0n) is 10.7. The largest absolute Gasteiger partial charge is 0.462 e. The van der Waals surface area contributed by atoms with Gasteiger partial charge in [-0.25, -0.2) is 19.7 Å². The highest BCUT2D eigenvalue weighted by atomic mass is 32.2. The van der Waals surface area contributed by atoms with Crippen LogP contribution in [0, 0.1) is 6.92 Å². The van der Waals surface area contributed by atoms with Crippen LogP contribution in [0.3, 0.4) is 0 Å². The van der Waals surface area contributed by atoms with Gasteiger partial charge in [-0.3, -0.25) is 0 Å². The third kappa shape index (κ3) is 3.75. The van der Waals surface area contributed by atoms with Crippen molar-refractivity contribution in [2.45, 2.75) is 24.0 Å². The predicted octanol–water partition coefficient (Wildman–Crippen LogP) is 2.51. The SMILES string of the molecule is CCOC(=O)c1ccc(Sc2nccc(C)n2)nc1. The third-order valence-electron chi connectivity index (χ3n) is 2.22. The lowest BCUT2D eigenvalue weighted by Gasteiger charge is -2.03. The third-order valence-corrected chi connectivity index (χ3v) is 3.05. The van der Waals surface area contributed by atoms with Crippen molar-refractivity contribution < 1.29 is 9.53 Å². The summed E-state index contributed by atoms with van der Waals surface area (Å²) >= 11 is 1.35. The van der Waals surface area contributed by atoms with E-state index in [1.165, 1.54) is 18.0 Å². The lowest BCUT2D eigenvalue weighted by Crippen LogP contribution is -2.04. The van der Waals surface area contributed by atoms with E-state index in [2.05, 4.69) is 15.0 Å². The van der Waals surface area contributed by atoms with E-state index in [-0.39, 0.29) is 5.97 Å². The maximum absolute atomic E-state index is 11.5. The summed E-state index contributed by atoms with van der Waals surface area (Å²) in [4.78, 5) is 24.1. The number of carbonyl (C=O) groups is 1. The molecule has 0 atom stereocenters. The summed E-state index contributed by atoms with van der Waals surface area (Å²) < 4.78 is 4.89. The Labute approximate surface area is 115 Å². The first-order valence-electron chi connectivity index (χ1n) is 5.79. The molecular weight excluding hydrogens is 262 g/mol. The fourth-order valence-electron chi connectivity index (χ4n) is 1.34. The van der Waals surface area contributed by atoms with Crippen molar-refractivity contribution in [1.29, 1.82) is 0 Å². The standard InChI is InChI=1S/C13H13N3O2S/c1-3-18-12(17)10-4-5-11(15-8-10)19-13-14-7-6-9(2)16-13/h4-8H,3H2,1-2H3. The first-order valence-corrected chi connectivity index (χ1v) is 6.61. The molecule has 0 radical (unpaired) electrons. The van der Waals surface area contributed by atoms with Crippen molar-refractivity contribution in [1.82, 2.24) is 15.0 Å². The lowest BCUT2D eigenvalue weighted by atomic mass is 10.3. The molecule has 19 heavy (non-hydrogen) atoms. The fraction of sp³-hybridized carbons (Fsp3) is 0.231. The van der Waals surface area contributed by atoms with E-state index in [1.807, 2.05) is 13.0 Å². The van der Waals surface area contributed by atoms with Gasteiger partial charge in [-0.2, -0.15) is 0 Å². The second-order valence-corrected chi connectivity index (χ2v) is 4.68. The zero-order valence-corrected chi connectivity index (χ0v) is 11.5. The van der Waals surface area contributed by atoms with Crippen LogP contribution in [0.15, 0.2) is 40.8 Å². The van der Waals surface area contributed by atoms with Gasteiger partial charge in [-0.15, -0.1) is 0 Å². The van der Waals surface area contributed by atoms with E-state index in [0.29, 0.717) is 17.3 Å². The van der Waals surface area contributed by atoms with E-state index >= 15 is 0 Å². The molecule has 2 aromatic rings. The van der Waals surface area contributed by atoms with E-state index in [9.17, 15) is 4.79 Å². The Bertz CT molecular complexity index is 572.